The maximum absolute atomic E-state index is 3.43. The summed E-state index contributed by atoms with van der Waals surface area (Å²) >= 11 is 1.88. The highest BCUT2D eigenvalue weighted by Crippen LogP contribution is 2.40. The molecule has 86 valence electrons. The summed E-state index contributed by atoms with van der Waals surface area (Å²) in [6.07, 6.45) is 1.07. The highest BCUT2D eigenvalue weighted by atomic mass is 32.2. The van der Waals surface area contributed by atoms with Crippen LogP contribution in [0.4, 0.5) is 0 Å². The lowest BCUT2D eigenvalue weighted by atomic mass is 9.99. The molecule has 0 saturated carbocycles. The lowest BCUT2D eigenvalue weighted by Gasteiger charge is -2.16. The second-order valence-electron chi connectivity index (χ2n) is 4.29. The monoisotopic (exact) mass is 241 g/mol. The minimum atomic E-state index is 0.419. The number of rotatable bonds is 1. The minimum Gasteiger partial charge on any atom is -0.313 e. The molecular weight excluding hydrogens is 226 g/mol. The molecule has 0 saturated heterocycles. The highest BCUT2D eigenvalue weighted by Gasteiger charge is 2.20. The van der Waals surface area contributed by atoms with E-state index in [0.717, 1.165) is 6.42 Å². The number of nitrogens with one attached hydrogen (secondary N) is 1. The Morgan fingerprint density at radius 3 is 2.53 bits per heavy atom. The van der Waals surface area contributed by atoms with E-state index in [0.29, 0.717) is 6.04 Å². The van der Waals surface area contributed by atoms with Gasteiger partial charge >= 0.3 is 0 Å². The SMILES string of the molecule is CNC1Cc2ccccc2Sc2ccccc21. The van der Waals surface area contributed by atoms with Crippen LogP contribution in [0.2, 0.25) is 0 Å². The van der Waals surface area contributed by atoms with Crippen LogP contribution in [0.15, 0.2) is 58.3 Å². The number of fused-ring (bicyclic) bond motifs is 2. The zero-order valence-electron chi connectivity index (χ0n) is 9.81. The van der Waals surface area contributed by atoms with Gasteiger partial charge in [0.25, 0.3) is 0 Å². The van der Waals surface area contributed by atoms with Crippen LogP contribution in [-0.2, 0) is 6.42 Å². The first-order valence-electron chi connectivity index (χ1n) is 5.90. The van der Waals surface area contributed by atoms with Crippen LogP contribution in [0, 0.1) is 0 Å². The molecule has 1 aliphatic rings. The van der Waals surface area contributed by atoms with Crippen molar-refractivity contribution in [2.24, 2.45) is 0 Å². The van der Waals surface area contributed by atoms with Crippen LogP contribution in [0.3, 0.4) is 0 Å². The molecule has 2 aromatic carbocycles. The minimum absolute atomic E-state index is 0.419. The van der Waals surface area contributed by atoms with E-state index in [2.05, 4.69) is 53.8 Å². The molecule has 3 rings (SSSR count). The van der Waals surface area contributed by atoms with E-state index < -0.39 is 0 Å². The van der Waals surface area contributed by atoms with Gasteiger partial charge in [0.1, 0.15) is 0 Å². The first-order chi connectivity index (χ1) is 8.38. The van der Waals surface area contributed by atoms with Crippen LogP contribution < -0.4 is 5.32 Å². The second kappa shape index (κ2) is 4.55. The molecule has 1 nitrogen and oxygen atoms in total. The Bertz CT molecular complexity index is 536. The van der Waals surface area contributed by atoms with Crippen molar-refractivity contribution in [3.8, 4) is 0 Å². The molecule has 0 aromatic heterocycles. The average molecular weight is 241 g/mol. The van der Waals surface area contributed by atoms with Crippen molar-refractivity contribution >= 4 is 11.8 Å². The van der Waals surface area contributed by atoms with Gasteiger partial charge in [-0.15, -0.1) is 0 Å². The molecule has 2 heteroatoms. The molecule has 0 amide bonds. The second-order valence-corrected chi connectivity index (χ2v) is 5.38. The normalized spacial score (nSPS) is 18.1. The number of hydrogen-bond donors (Lipinski definition) is 1. The van der Waals surface area contributed by atoms with Gasteiger partial charge in [-0.3, -0.25) is 0 Å². The maximum atomic E-state index is 3.43. The van der Waals surface area contributed by atoms with E-state index in [1.165, 1.54) is 20.9 Å². The summed E-state index contributed by atoms with van der Waals surface area (Å²) in [5.74, 6) is 0. The van der Waals surface area contributed by atoms with E-state index in [1.54, 1.807) is 0 Å². The van der Waals surface area contributed by atoms with Gasteiger partial charge in [0.2, 0.25) is 0 Å². The third-order valence-electron chi connectivity index (χ3n) is 3.26. The smallest absolute Gasteiger partial charge is 0.0370 e. The van der Waals surface area contributed by atoms with Crippen LogP contribution in [0.1, 0.15) is 17.2 Å². The Kier molecular flexibility index (Phi) is 2.91. The Morgan fingerprint density at radius 1 is 1.00 bits per heavy atom. The van der Waals surface area contributed by atoms with E-state index in [4.69, 9.17) is 0 Å². The third kappa shape index (κ3) is 1.99. The van der Waals surface area contributed by atoms with Gasteiger partial charge in [-0.1, -0.05) is 48.2 Å². The first kappa shape index (κ1) is 10.9. The van der Waals surface area contributed by atoms with Gasteiger partial charge < -0.3 is 5.32 Å². The number of hydrogen-bond acceptors (Lipinski definition) is 2. The summed E-state index contributed by atoms with van der Waals surface area (Å²) in [5, 5.41) is 3.43. The van der Waals surface area contributed by atoms with Crippen molar-refractivity contribution in [2.75, 3.05) is 7.05 Å². The Labute approximate surface area is 106 Å². The fraction of sp³-hybridized carbons (Fsp3) is 0.200. The number of likely N-dealkylation sites (N-methyl/N-ethyl adjacent to an activating group) is 1. The molecule has 1 unspecified atom stereocenters. The Balaban J connectivity index is 2.13. The molecule has 1 N–H and O–H groups in total. The summed E-state index contributed by atoms with van der Waals surface area (Å²) in [6.45, 7) is 0. The zero-order valence-corrected chi connectivity index (χ0v) is 10.6. The largest absolute Gasteiger partial charge is 0.313 e. The topological polar surface area (TPSA) is 12.0 Å². The molecule has 1 atom stereocenters. The fourth-order valence-corrected chi connectivity index (χ4v) is 3.48. The van der Waals surface area contributed by atoms with Crippen molar-refractivity contribution in [1.82, 2.24) is 5.32 Å². The Morgan fingerprint density at radius 2 is 1.71 bits per heavy atom. The molecule has 0 spiro atoms. The predicted octanol–water partition coefficient (Wildman–Crippen LogP) is 3.65. The molecular formula is C15H15NS. The summed E-state index contributed by atoms with van der Waals surface area (Å²) < 4.78 is 0. The number of benzene rings is 2. The van der Waals surface area contributed by atoms with Gasteiger partial charge in [0.15, 0.2) is 0 Å². The van der Waals surface area contributed by atoms with Crippen molar-refractivity contribution in [3.05, 3.63) is 59.7 Å². The van der Waals surface area contributed by atoms with Gasteiger partial charge in [0, 0.05) is 15.8 Å². The van der Waals surface area contributed by atoms with E-state index >= 15 is 0 Å². The molecule has 1 heterocycles. The van der Waals surface area contributed by atoms with E-state index in [1.807, 2.05) is 18.8 Å². The van der Waals surface area contributed by atoms with Gasteiger partial charge in [-0.25, -0.2) is 0 Å². The molecule has 1 aliphatic heterocycles. The molecule has 17 heavy (non-hydrogen) atoms. The van der Waals surface area contributed by atoms with Crippen LogP contribution in [0.5, 0.6) is 0 Å². The predicted molar refractivity (Wildman–Crippen MR) is 72.5 cm³/mol. The quantitative estimate of drug-likeness (QED) is 0.818. The molecule has 0 aliphatic carbocycles. The standard InChI is InChI=1S/C15H15NS/c1-16-13-10-11-6-2-4-8-14(11)17-15-9-5-3-7-12(13)15/h2-9,13,16H,10H2,1H3. The van der Waals surface area contributed by atoms with Crippen molar-refractivity contribution in [1.29, 1.82) is 0 Å². The van der Waals surface area contributed by atoms with Crippen LogP contribution >= 0.6 is 11.8 Å². The lowest BCUT2D eigenvalue weighted by Crippen LogP contribution is -2.18. The molecule has 0 fully saturated rings. The molecule has 2 aromatic rings. The van der Waals surface area contributed by atoms with E-state index in [-0.39, 0.29) is 0 Å². The zero-order chi connectivity index (χ0) is 11.7. The summed E-state index contributed by atoms with van der Waals surface area (Å²) in [7, 11) is 2.04. The van der Waals surface area contributed by atoms with Gasteiger partial charge in [0.05, 0.1) is 0 Å². The summed E-state index contributed by atoms with van der Waals surface area (Å²) in [6, 6.07) is 17.8. The van der Waals surface area contributed by atoms with Crippen molar-refractivity contribution in [2.45, 2.75) is 22.3 Å². The van der Waals surface area contributed by atoms with Gasteiger partial charge in [-0.2, -0.15) is 0 Å². The van der Waals surface area contributed by atoms with Crippen molar-refractivity contribution < 1.29 is 0 Å². The lowest BCUT2D eigenvalue weighted by molar-refractivity contribution is 0.582. The highest BCUT2D eigenvalue weighted by molar-refractivity contribution is 7.99. The first-order valence-corrected chi connectivity index (χ1v) is 6.72. The van der Waals surface area contributed by atoms with E-state index in [9.17, 15) is 0 Å². The molecule has 0 bridgehead atoms. The molecule has 0 radical (unpaired) electrons. The average Bonchev–Trinajstić information content (AvgIpc) is 2.54. The fourth-order valence-electron chi connectivity index (χ4n) is 2.34. The van der Waals surface area contributed by atoms with Crippen LogP contribution in [-0.4, -0.2) is 7.05 Å². The Hall–Kier alpha value is -1.25. The van der Waals surface area contributed by atoms with Crippen molar-refractivity contribution in [3.63, 3.8) is 0 Å². The summed E-state index contributed by atoms with van der Waals surface area (Å²) in [4.78, 5) is 2.76. The van der Waals surface area contributed by atoms with Crippen LogP contribution in [0.25, 0.3) is 0 Å². The summed E-state index contributed by atoms with van der Waals surface area (Å²) in [5.41, 5.74) is 2.85. The van der Waals surface area contributed by atoms with Gasteiger partial charge in [-0.05, 0) is 36.7 Å². The maximum Gasteiger partial charge on any atom is 0.0370 e. The third-order valence-corrected chi connectivity index (χ3v) is 4.47.